The van der Waals surface area contributed by atoms with Crippen LogP contribution >= 0.6 is 0 Å². The Balaban J connectivity index is 2.13. The number of hydrogen-bond acceptors (Lipinski definition) is 4. The van der Waals surface area contributed by atoms with Crippen molar-refractivity contribution in [1.29, 1.82) is 0 Å². The number of carbonyl (C=O) groups excluding carboxylic acids is 1. The van der Waals surface area contributed by atoms with Gasteiger partial charge in [-0.05, 0) is 62.1 Å². The molecule has 0 bridgehead atoms. The maximum atomic E-state index is 12.3. The summed E-state index contributed by atoms with van der Waals surface area (Å²) < 4.78 is 16.7. The molecule has 0 radical (unpaired) electrons. The molecule has 0 N–H and O–H groups in total. The Kier molecular flexibility index (Phi) is 7.38. The highest BCUT2D eigenvalue weighted by atomic mass is 16.5. The summed E-state index contributed by atoms with van der Waals surface area (Å²) in [7, 11) is 3.25. The molecular formula is C23H37NO4. The lowest BCUT2D eigenvalue weighted by molar-refractivity contribution is -0.134. The quantitative estimate of drug-likeness (QED) is 0.646. The van der Waals surface area contributed by atoms with Gasteiger partial charge in [-0.15, -0.1) is 0 Å². The third-order valence-corrected chi connectivity index (χ3v) is 6.24. The SMILES string of the molecule is COc1ccc(CN(CC[C@@]2(C(C)C)CCOC(C)(C)C2)C(C)=O)cc1OC. The van der Waals surface area contributed by atoms with Crippen LogP contribution in [0.5, 0.6) is 11.5 Å². The van der Waals surface area contributed by atoms with Crippen LogP contribution in [0.15, 0.2) is 18.2 Å². The molecule has 1 amide bonds. The summed E-state index contributed by atoms with van der Waals surface area (Å²) in [6.07, 6.45) is 3.07. The lowest BCUT2D eigenvalue weighted by Crippen LogP contribution is -2.46. The van der Waals surface area contributed by atoms with Crippen molar-refractivity contribution < 1.29 is 19.0 Å². The Hall–Kier alpha value is -1.75. The zero-order valence-corrected chi connectivity index (χ0v) is 18.6. The summed E-state index contributed by atoms with van der Waals surface area (Å²) in [6, 6.07) is 5.83. The Morgan fingerprint density at radius 3 is 2.43 bits per heavy atom. The van der Waals surface area contributed by atoms with Gasteiger partial charge < -0.3 is 19.1 Å². The smallest absolute Gasteiger partial charge is 0.219 e. The van der Waals surface area contributed by atoms with Crippen LogP contribution in [0.1, 0.15) is 59.4 Å². The predicted molar refractivity (Wildman–Crippen MR) is 112 cm³/mol. The monoisotopic (exact) mass is 391 g/mol. The van der Waals surface area contributed by atoms with Gasteiger partial charge in [0.15, 0.2) is 11.5 Å². The summed E-state index contributed by atoms with van der Waals surface area (Å²) >= 11 is 0. The van der Waals surface area contributed by atoms with Crippen LogP contribution < -0.4 is 9.47 Å². The molecule has 0 aliphatic carbocycles. The molecule has 0 saturated carbocycles. The van der Waals surface area contributed by atoms with E-state index in [2.05, 4.69) is 27.7 Å². The first-order chi connectivity index (χ1) is 13.1. The Labute approximate surface area is 170 Å². The summed E-state index contributed by atoms with van der Waals surface area (Å²) in [5.41, 5.74) is 1.14. The Morgan fingerprint density at radius 2 is 1.89 bits per heavy atom. The third kappa shape index (κ3) is 5.40. The molecule has 1 aliphatic rings. The van der Waals surface area contributed by atoms with Crippen molar-refractivity contribution in [3.05, 3.63) is 23.8 Å². The standard InChI is InChI=1S/C23H37NO4/c1-17(2)23(11-13-28-22(4,5)16-23)10-12-24(18(3)25)15-19-8-9-20(26-6)21(14-19)27-7/h8-9,14,17H,10-13,15-16H2,1-7H3/t23-/m1/s1. The van der Waals surface area contributed by atoms with Gasteiger partial charge in [-0.1, -0.05) is 19.9 Å². The fourth-order valence-electron chi connectivity index (χ4n) is 4.42. The van der Waals surface area contributed by atoms with Crippen molar-refractivity contribution in [3.63, 3.8) is 0 Å². The zero-order valence-electron chi connectivity index (χ0n) is 18.6. The summed E-state index contributed by atoms with van der Waals surface area (Å²) in [6.45, 7) is 12.7. The lowest BCUT2D eigenvalue weighted by atomic mass is 9.65. The van der Waals surface area contributed by atoms with Crippen molar-refractivity contribution in [2.45, 2.75) is 66.0 Å². The van der Waals surface area contributed by atoms with Crippen LogP contribution in [0.25, 0.3) is 0 Å². The topological polar surface area (TPSA) is 48.0 Å². The van der Waals surface area contributed by atoms with E-state index < -0.39 is 0 Å². The molecule has 158 valence electrons. The highest BCUT2D eigenvalue weighted by Gasteiger charge is 2.42. The van der Waals surface area contributed by atoms with E-state index in [0.29, 0.717) is 24.0 Å². The maximum absolute atomic E-state index is 12.3. The first-order valence-corrected chi connectivity index (χ1v) is 10.2. The minimum absolute atomic E-state index is 0.0972. The number of ether oxygens (including phenoxy) is 3. The van der Waals surface area contributed by atoms with E-state index in [4.69, 9.17) is 14.2 Å². The van der Waals surface area contributed by atoms with Gasteiger partial charge in [-0.2, -0.15) is 0 Å². The molecule has 1 atom stereocenters. The van der Waals surface area contributed by atoms with E-state index in [1.165, 1.54) is 0 Å². The average molecular weight is 392 g/mol. The van der Waals surface area contributed by atoms with Gasteiger partial charge in [-0.3, -0.25) is 4.79 Å². The minimum Gasteiger partial charge on any atom is -0.493 e. The largest absolute Gasteiger partial charge is 0.493 e. The molecule has 1 aromatic rings. The second-order valence-electron chi connectivity index (χ2n) is 8.93. The van der Waals surface area contributed by atoms with Crippen LogP contribution in [0.2, 0.25) is 0 Å². The molecule has 2 rings (SSSR count). The number of hydrogen-bond donors (Lipinski definition) is 0. The fraction of sp³-hybridized carbons (Fsp3) is 0.696. The second kappa shape index (κ2) is 9.17. The van der Waals surface area contributed by atoms with Gasteiger partial charge in [0.1, 0.15) is 0 Å². The fourth-order valence-corrected chi connectivity index (χ4v) is 4.42. The highest BCUT2D eigenvalue weighted by Crippen LogP contribution is 2.47. The molecule has 5 heteroatoms. The molecule has 0 spiro atoms. The molecule has 1 fully saturated rings. The number of amides is 1. The van der Waals surface area contributed by atoms with Crippen LogP contribution in [0.4, 0.5) is 0 Å². The molecule has 1 heterocycles. The van der Waals surface area contributed by atoms with Gasteiger partial charge >= 0.3 is 0 Å². The Bertz CT molecular complexity index is 671. The van der Waals surface area contributed by atoms with Gasteiger partial charge in [-0.25, -0.2) is 0 Å². The average Bonchev–Trinajstić information content (AvgIpc) is 2.63. The molecule has 1 aliphatic heterocycles. The number of nitrogens with zero attached hydrogens (tertiary/aromatic N) is 1. The summed E-state index contributed by atoms with van der Waals surface area (Å²) in [5, 5.41) is 0. The van der Waals surface area contributed by atoms with Crippen LogP contribution in [-0.2, 0) is 16.1 Å². The van der Waals surface area contributed by atoms with E-state index in [-0.39, 0.29) is 16.9 Å². The van der Waals surface area contributed by atoms with E-state index in [9.17, 15) is 4.79 Å². The molecular weight excluding hydrogens is 354 g/mol. The molecule has 1 saturated heterocycles. The van der Waals surface area contributed by atoms with Gasteiger partial charge in [0.05, 0.1) is 19.8 Å². The number of benzene rings is 1. The first-order valence-electron chi connectivity index (χ1n) is 10.2. The van der Waals surface area contributed by atoms with Crippen molar-refractivity contribution in [2.75, 3.05) is 27.4 Å². The second-order valence-corrected chi connectivity index (χ2v) is 8.93. The van der Waals surface area contributed by atoms with Crippen LogP contribution in [-0.4, -0.2) is 43.8 Å². The molecule has 0 unspecified atom stereocenters. The van der Waals surface area contributed by atoms with Crippen molar-refractivity contribution in [3.8, 4) is 11.5 Å². The Morgan fingerprint density at radius 1 is 1.21 bits per heavy atom. The van der Waals surface area contributed by atoms with E-state index >= 15 is 0 Å². The minimum atomic E-state index is -0.104. The van der Waals surface area contributed by atoms with Crippen LogP contribution in [0, 0.1) is 11.3 Å². The number of carbonyl (C=O) groups is 1. The number of rotatable bonds is 8. The molecule has 28 heavy (non-hydrogen) atoms. The summed E-state index contributed by atoms with van der Waals surface area (Å²) in [5.74, 6) is 2.03. The molecule has 5 nitrogen and oxygen atoms in total. The van der Waals surface area contributed by atoms with Crippen molar-refractivity contribution in [1.82, 2.24) is 4.90 Å². The van der Waals surface area contributed by atoms with E-state index in [1.54, 1.807) is 21.1 Å². The normalized spacial score (nSPS) is 21.4. The first kappa shape index (κ1) is 22.5. The zero-order chi connectivity index (χ0) is 20.9. The van der Waals surface area contributed by atoms with Gasteiger partial charge in [0.25, 0.3) is 0 Å². The summed E-state index contributed by atoms with van der Waals surface area (Å²) in [4.78, 5) is 14.3. The van der Waals surface area contributed by atoms with Crippen molar-refractivity contribution in [2.24, 2.45) is 11.3 Å². The van der Waals surface area contributed by atoms with Gasteiger partial charge in [0.2, 0.25) is 5.91 Å². The maximum Gasteiger partial charge on any atom is 0.219 e. The van der Waals surface area contributed by atoms with E-state index in [0.717, 1.165) is 38.0 Å². The van der Waals surface area contributed by atoms with Gasteiger partial charge in [0, 0.05) is 26.6 Å². The lowest BCUT2D eigenvalue weighted by Gasteiger charge is -2.48. The third-order valence-electron chi connectivity index (χ3n) is 6.24. The predicted octanol–water partition coefficient (Wildman–Crippen LogP) is 4.67. The highest BCUT2D eigenvalue weighted by molar-refractivity contribution is 5.73. The van der Waals surface area contributed by atoms with E-state index in [1.807, 2.05) is 23.1 Å². The van der Waals surface area contributed by atoms with Crippen molar-refractivity contribution >= 4 is 5.91 Å². The molecule has 1 aromatic carbocycles. The molecule has 0 aromatic heterocycles. The van der Waals surface area contributed by atoms with Crippen LogP contribution in [0.3, 0.4) is 0 Å². The number of methoxy groups -OCH3 is 2.